The molecule has 1 aromatic rings. The minimum atomic E-state index is -0.443. The first-order chi connectivity index (χ1) is 7.82. The maximum Gasteiger partial charge on any atom is 0.333 e. The molecule has 0 aliphatic carbocycles. The van der Waals surface area contributed by atoms with E-state index in [2.05, 4.69) is 0 Å². The third kappa shape index (κ3) is 3.22. The highest BCUT2D eigenvalue weighted by atomic mass is 16.3. The molecule has 0 aromatic carbocycles. The lowest BCUT2D eigenvalue weighted by molar-refractivity contribution is 0.358. The molecule has 0 unspecified atom stereocenters. The van der Waals surface area contributed by atoms with Gasteiger partial charge in [0.05, 0.1) is 6.07 Å². The molecule has 5 heteroatoms. The van der Waals surface area contributed by atoms with Crippen LogP contribution in [-0.2, 0) is 13.1 Å². The Morgan fingerprint density at radius 2 is 1.53 bits per heavy atom. The summed E-state index contributed by atoms with van der Waals surface area (Å²) in [6.07, 6.45) is 0. The molecule has 0 aliphatic heterocycles. The molecule has 17 heavy (non-hydrogen) atoms. The van der Waals surface area contributed by atoms with E-state index in [1.807, 2.05) is 27.7 Å². The minimum absolute atomic E-state index is 0.206. The third-order valence-corrected chi connectivity index (χ3v) is 2.35. The molecule has 0 radical (unpaired) electrons. The van der Waals surface area contributed by atoms with Crippen LogP contribution in [0.2, 0.25) is 0 Å². The zero-order chi connectivity index (χ0) is 13.2. The predicted octanol–water partition coefficient (Wildman–Crippen LogP) is 1.03. The molecule has 0 atom stereocenters. The van der Waals surface area contributed by atoms with Crippen molar-refractivity contribution in [3.63, 3.8) is 0 Å². The Morgan fingerprint density at radius 1 is 1.06 bits per heavy atom. The number of rotatable bonds is 4. The zero-order valence-electron chi connectivity index (χ0n) is 10.8. The molecular weight excluding hydrogens is 220 g/mol. The average Bonchev–Trinajstić information content (AvgIpc) is 2.18. The van der Waals surface area contributed by atoms with Crippen molar-refractivity contribution in [2.24, 2.45) is 11.8 Å². The van der Waals surface area contributed by atoms with E-state index >= 15 is 0 Å². The molecule has 0 saturated heterocycles. The van der Waals surface area contributed by atoms with Crippen molar-refractivity contribution >= 4 is 0 Å². The lowest BCUT2D eigenvalue weighted by Gasteiger charge is -2.14. The van der Waals surface area contributed by atoms with Crippen molar-refractivity contribution in [1.82, 2.24) is 9.13 Å². The fourth-order valence-electron chi connectivity index (χ4n) is 1.67. The van der Waals surface area contributed by atoms with Crippen molar-refractivity contribution in [3.05, 3.63) is 26.9 Å². The number of hydrogen-bond acceptors (Lipinski definition) is 3. The normalized spacial score (nSPS) is 11.4. The Bertz CT molecular complexity index is 497. The molecular formula is C12H20N2O3. The Hall–Kier alpha value is -1.52. The second kappa shape index (κ2) is 5.21. The van der Waals surface area contributed by atoms with E-state index in [0.717, 1.165) is 6.07 Å². The van der Waals surface area contributed by atoms with Gasteiger partial charge in [0.2, 0.25) is 5.88 Å². The monoisotopic (exact) mass is 240 g/mol. The summed E-state index contributed by atoms with van der Waals surface area (Å²) in [7, 11) is 0. The zero-order valence-corrected chi connectivity index (χ0v) is 10.8. The summed E-state index contributed by atoms with van der Waals surface area (Å²) in [6.45, 7) is 8.55. The van der Waals surface area contributed by atoms with Gasteiger partial charge in [-0.1, -0.05) is 27.7 Å². The van der Waals surface area contributed by atoms with Gasteiger partial charge in [-0.15, -0.1) is 0 Å². The van der Waals surface area contributed by atoms with Crippen LogP contribution in [0.25, 0.3) is 0 Å². The van der Waals surface area contributed by atoms with E-state index in [1.165, 1.54) is 9.13 Å². The van der Waals surface area contributed by atoms with E-state index in [4.69, 9.17) is 0 Å². The second-order valence-corrected chi connectivity index (χ2v) is 5.13. The largest absolute Gasteiger partial charge is 0.494 e. The molecule has 0 aliphatic rings. The fraction of sp³-hybridized carbons (Fsp3) is 0.667. The first-order valence-corrected chi connectivity index (χ1v) is 5.86. The van der Waals surface area contributed by atoms with Crippen LogP contribution in [0.4, 0.5) is 0 Å². The topological polar surface area (TPSA) is 64.2 Å². The molecule has 0 saturated carbocycles. The quantitative estimate of drug-likeness (QED) is 0.854. The standard InChI is InChI=1S/C12H20N2O3/c1-8(2)6-13-10(15)5-11(16)14(12(13)17)7-9(3)4/h5,8-9,15H,6-7H2,1-4H3. The molecule has 0 spiro atoms. The van der Waals surface area contributed by atoms with E-state index in [-0.39, 0.29) is 17.7 Å². The lowest BCUT2D eigenvalue weighted by Crippen LogP contribution is -2.40. The highest BCUT2D eigenvalue weighted by Gasteiger charge is 2.12. The van der Waals surface area contributed by atoms with Gasteiger partial charge in [-0.25, -0.2) is 4.79 Å². The highest BCUT2D eigenvalue weighted by Crippen LogP contribution is 2.06. The summed E-state index contributed by atoms with van der Waals surface area (Å²) in [5.41, 5.74) is -0.876. The summed E-state index contributed by atoms with van der Waals surface area (Å²) in [6, 6.07) is 1.10. The Kier molecular flexibility index (Phi) is 4.15. The van der Waals surface area contributed by atoms with Crippen molar-refractivity contribution in [2.45, 2.75) is 40.8 Å². The van der Waals surface area contributed by atoms with Crippen LogP contribution in [0.15, 0.2) is 15.7 Å². The van der Waals surface area contributed by atoms with Gasteiger partial charge >= 0.3 is 5.69 Å². The summed E-state index contributed by atoms with van der Waals surface area (Å²) >= 11 is 0. The van der Waals surface area contributed by atoms with Crippen molar-refractivity contribution < 1.29 is 5.11 Å². The van der Waals surface area contributed by atoms with Crippen LogP contribution >= 0.6 is 0 Å². The van der Waals surface area contributed by atoms with Gasteiger partial charge in [-0.3, -0.25) is 13.9 Å². The first-order valence-electron chi connectivity index (χ1n) is 5.86. The smallest absolute Gasteiger partial charge is 0.333 e. The van der Waals surface area contributed by atoms with Crippen molar-refractivity contribution in [3.8, 4) is 5.88 Å². The molecule has 1 heterocycles. The molecule has 0 amide bonds. The third-order valence-electron chi connectivity index (χ3n) is 2.35. The van der Waals surface area contributed by atoms with Crippen LogP contribution in [0.1, 0.15) is 27.7 Å². The van der Waals surface area contributed by atoms with Crippen LogP contribution < -0.4 is 11.2 Å². The fourth-order valence-corrected chi connectivity index (χ4v) is 1.67. The number of aromatic hydroxyl groups is 1. The average molecular weight is 240 g/mol. The molecule has 5 nitrogen and oxygen atoms in total. The molecule has 0 fully saturated rings. The maximum absolute atomic E-state index is 12.0. The summed E-state index contributed by atoms with van der Waals surface area (Å²) < 4.78 is 2.42. The maximum atomic E-state index is 12.0. The van der Waals surface area contributed by atoms with Gasteiger partial charge in [0, 0.05) is 13.1 Å². The molecule has 1 N–H and O–H groups in total. The number of hydrogen-bond donors (Lipinski definition) is 1. The van der Waals surface area contributed by atoms with Crippen LogP contribution in [0.3, 0.4) is 0 Å². The van der Waals surface area contributed by atoms with E-state index in [0.29, 0.717) is 13.1 Å². The minimum Gasteiger partial charge on any atom is -0.494 e. The Balaban J connectivity index is 3.33. The van der Waals surface area contributed by atoms with Gasteiger partial charge in [0.15, 0.2) is 0 Å². The van der Waals surface area contributed by atoms with E-state index in [9.17, 15) is 14.7 Å². The van der Waals surface area contributed by atoms with E-state index < -0.39 is 11.2 Å². The van der Waals surface area contributed by atoms with E-state index in [1.54, 1.807) is 0 Å². The molecule has 0 bridgehead atoms. The molecule has 1 aromatic heterocycles. The summed E-state index contributed by atoms with van der Waals surface area (Å²) in [5, 5.41) is 9.63. The number of aromatic nitrogens is 2. The van der Waals surface area contributed by atoms with Gasteiger partial charge in [-0.05, 0) is 11.8 Å². The predicted molar refractivity (Wildman–Crippen MR) is 66.3 cm³/mol. The Labute approximate surface area is 100 Å². The Morgan fingerprint density at radius 3 is 2.00 bits per heavy atom. The highest BCUT2D eigenvalue weighted by molar-refractivity contribution is 5.07. The summed E-state index contributed by atoms with van der Waals surface area (Å²) in [4.78, 5) is 23.7. The van der Waals surface area contributed by atoms with Crippen molar-refractivity contribution in [1.29, 1.82) is 0 Å². The first kappa shape index (κ1) is 13.5. The molecule has 1 rings (SSSR count). The second-order valence-electron chi connectivity index (χ2n) is 5.13. The van der Waals surface area contributed by atoms with Crippen LogP contribution in [0, 0.1) is 11.8 Å². The van der Waals surface area contributed by atoms with Crippen molar-refractivity contribution in [2.75, 3.05) is 0 Å². The van der Waals surface area contributed by atoms with Gasteiger partial charge in [0.25, 0.3) is 5.56 Å². The SMILES string of the molecule is CC(C)Cn1c(O)cc(=O)n(CC(C)C)c1=O. The van der Waals surface area contributed by atoms with Gasteiger partial charge in [-0.2, -0.15) is 0 Å². The van der Waals surface area contributed by atoms with Gasteiger partial charge in [0.1, 0.15) is 0 Å². The van der Waals surface area contributed by atoms with Gasteiger partial charge < -0.3 is 5.11 Å². The van der Waals surface area contributed by atoms with Crippen LogP contribution in [-0.4, -0.2) is 14.2 Å². The lowest BCUT2D eigenvalue weighted by atomic mass is 10.2. The number of nitrogens with zero attached hydrogens (tertiary/aromatic N) is 2. The summed E-state index contributed by atoms with van der Waals surface area (Å²) in [5.74, 6) is 0.176. The van der Waals surface area contributed by atoms with Crippen LogP contribution in [0.5, 0.6) is 5.88 Å². The molecule has 96 valence electrons.